The summed E-state index contributed by atoms with van der Waals surface area (Å²) in [5.74, 6) is 1.51. The highest BCUT2D eigenvalue weighted by molar-refractivity contribution is 9.10. The van der Waals surface area contributed by atoms with Crippen LogP contribution >= 0.6 is 15.9 Å². The molecule has 2 aromatic carbocycles. The number of rotatable bonds is 4. The van der Waals surface area contributed by atoms with Crippen LogP contribution in [0.4, 0.5) is 5.69 Å². The summed E-state index contributed by atoms with van der Waals surface area (Å²) in [6.45, 7) is 0.748. The molecule has 1 atom stereocenters. The third-order valence-electron chi connectivity index (χ3n) is 3.20. The molecule has 3 rings (SSSR count). The van der Waals surface area contributed by atoms with Crippen molar-refractivity contribution < 1.29 is 9.47 Å². The molecule has 0 saturated heterocycles. The molecule has 0 spiro atoms. The Labute approximate surface area is 126 Å². The van der Waals surface area contributed by atoms with Gasteiger partial charge >= 0.3 is 0 Å². The molecule has 1 aliphatic heterocycles. The van der Waals surface area contributed by atoms with Gasteiger partial charge in [-0.3, -0.25) is 0 Å². The fourth-order valence-corrected chi connectivity index (χ4v) is 2.78. The van der Waals surface area contributed by atoms with Crippen LogP contribution in [0.15, 0.2) is 46.9 Å². The lowest BCUT2D eigenvalue weighted by molar-refractivity contribution is 0.173. The lowest BCUT2D eigenvalue weighted by Gasteiger charge is -2.19. The third-order valence-corrected chi connectivity index (χ3v) is 3.79. The van der Waals surface area contributed by atoms with E-state index in [1.54, 1.807) is 0 Å². The summed E-state index contributed by atoms with van der Waals surface area (Å²) >= 11 is 3.51. The van der Waals surface area contributed by atoms with Gasteiger partial charge in [-0.25, -0.2) is 0 Å². The van der Waals surface area contributed by atoms with Crippen molar-refractivity contribution >= 4 is 21.6 Å². The van der Waals surface area contributed by atoms with Crippen LogP contribution in [0.3, 0.4) is 0 Å². The molecule has 2 aromatic rings. The smallest absolute Gasteiger partial charge is 0.231 e. The second-order valence-electron chi connectivity index (χ2n) is 4.54. The first-order valence-electron chi connectivity index (χ1n) is 6.38. The molecule has 0 aromatic heterocycles. The lowest BCUT2D eigenvalue weighted by Crippen LogP contribution is -2.20. The van der Waals surface area contributed by atoms with E-state index in [-0.39, 0.29) is 12.8 Å². The van der Waals surface area contributed by atoms with Gasteiger partial charge in [-0.2, -0.15) is 0 Å². The van der Waals surface area contributed by atoms with Gasteiger partial charge in [-0.1, -0.05) is 18.2 Å². The lowest BCUT2D eigenvalue weighted by atomic mass is 10.1. The SMILES string of the molecule is NCC(Nc1ccccc1)c1cc(Br)c2c(c1)OCO2. The Morgan fingerprint density at radius 1 is 1.20 bits per heavy atom. The number of nitrogens with one attached hydrogen (secondary N) is 1. The third kappa shape index (κ3) is 2.59. The number of hydrogen-bond acceptors (Lipinski definition) is 4. The first-order valence-corrected chi connectivity index (χ1v) is 7.18. The maximum atomic E-state index is 5.90. The van der Waals surface area contributed by atoms with Crippen LogP contribution < -0.4 is 20.5 Å². The Kier molecular flexibility index (Phi) is 3.80. The second-order valence-corrected chi connectivity index (χ2v) is 5.39. The fraction of sp³-hybridized carbons (Fsp3) is 0.200. The molecule has 0 radical (unpaired) electrons. The maximum absolute atomic E-state index is 5.90. The van der Waals surface area contributed by atoms with Gasteiger partial charge in [0.2, 0.25) is 6.79 Å². The van der Waals surface area contributed by atoms with Crippen molar-refractivity contribution in [1.29, 1.82) is 0 Å². The summed E-state index contributed by atoms with van der Waals surface area (Å²) in [5, 5.41) is 3.42. The second kappa shape index (κ2) is 5.73. The molecule has 0 saturated carbocycles. The maximum Gasteiger partial charge on any atom is 0.231 e. The number of hydrogen-bond donors (Lipinski definition) is 2. The minimum Gasteiger partial charge on any atom is -0.454 e. The molecular formula is C15H15BrN2O2. The van der Waals surface area contributed by atoms with E-state index in [1.165, 1.54) is 0 Å². The van der Waals surface area contributed by atoms with E-state index in [2.05, 4.69) is 21.2 Å². The van der Waals surface area contributed by atoms with Gasteiger partial charge < -0.3 is 20.5 Å². The first-order chi connectivity index (χ1) is 9.78. The topological polar surface area (TPSA) is 56.5 Å². The van der Waals surface area contributed by atoms with Crippen molar-refractivity contribution in [2.24, 2.45) is 5.73 Å². The van der Waals surface area contributed by atoms with Crippen LogP contribution in [0.2, 0.25) is 0 Å². The van der Waals surface area contributed by atoms with Crippen LogP contribution in [0.25, 0.3) is 0 Å². The molecule has 5 heteroatoms. The Hall–Kier alpha value is -1.72. The predicted molar refractivity (Wildman–Crippen MR) is 82.1 cm³/mol. The normalized spacial score (nSPS) is 14.1. The molecule has 0 amide bonds. The molecule has 3 N–H and O–H groups in total. The molecule has 1 aliphatic rings. The molecule has 0 aliphatic carbocycles. The summed E-state index contributed by atoms with van der Waals surface area (Å²) in [6, 6.07) is 14.0. The number of benzene rings is 2. The Morgan fingerprint density at radius 2 is 2.00 bits per heavy atom. The van der Waals surface area contributed by atoms with Gasteiger partial charge in [0.05, 0.1) is 10.5 Å². The van der Waals surface area contributed by atoms with Crippen LogP contribution in [0.1, 0.15) is 11.6 Å². The predicted octanol–water partition coefficient (Wildman–Crippen LogP) is 3.29. The van der Waals surface area contributed by atoms with E-state index in [0.717, 1.165) is 27.2 Å². The molecule has 20 heavy (non-hydrogen) atoms. The van der Waals surface area contributed by atoms with Gasteiger partial charge in [-0.15, -0.1) is 0 Å². The number of anilines is 1. The number of fused-ring (bicyclic) bond motifs is 1. The van der Waals surface area contributed by atoms with Crippen molar-refractivity contribution in [3.8, 4) is 11.5 Å². The van der Waals surface area contributed by atoms with Crippen molar-refractivity contribution in [3.05, 3.63) is 52.5 Å². The molecule has 0 bridgehead atoms. The number of para-hydroxylation sites is 1. The molecule has 4 nitrogen and oxygen atoms in total. The van der Waals surface area contributed by atoms with Crippen molar-refractivity contribution in [3.63, 3.8) is 0 Å². The number of ether oxygens (including phenoxy) is 2. The minimum atomic E-state index is 0.0169. The van der Waals surface area contributed by atoms with Crippen molar-refractivity contribution in [1.82, 2.24) is 0 Å². The van der Waals surface area contributed by atoms with Crippen molar-refractivity contribution in [2.45, 2.75) is 6.04 Å². The Bertz CT molecular complexity index is 604. The van der Waals surface area contributed by atoms with E-state index in [1.807, 2.05) is 42.5 Å². The highest BCUT2D eigenvalue weighted by Gasteiger charge is 2.20. The monoisotopic (exact) mass is 334 g/mol. The summed E-state index contributed by atoms with van der Waals surface area (Å²) in [6.07, 6.45) is 0. The van der Waals surface area contributed by atoms with E-state index < -0.39 is 0 Å². The van der Waals surface area contributed by atoms with E-state index >= 15 is 0 Å². The first kappa shape index (κ1) is 13.3. The van der Waals surface area contributed by atoms with Crippen LogP contribution in [-0.2, 0) is 0 Å². The van der Waals surface area contributed by atoms with E-state index in [9.17, 15) is 0 Å². The van der Waals surface area contributed by atoms with Gasteiger partial charge in [-0.05, 0) is 45.8 Å². The Morgan fingerprint density at radius 3 is 2.75 bits per heavy atom. The van der Waals surface area contributed by atoms with Crippen molar-refractivity contribution in [2.75, 3.05) is 18.7 Å². The molecule has 1 heterocycles. The average Bonchev–Trinajstić information content (AvgIpc) is 2.95. The van der Waals surface area contributed by atoms with Gasteiger partial charge in [0.25, 0.3) is 0 Å². The zero-order chi connectivity index (χ0) is 13.9. The zero-order valence-corrected chi connectivity index (χ0v) is 12.4. The summed E-state index contributed by atoms with van der Waals surface area (Å²) < 4.78 is 11.7. The minimum absolute atomic E-state index is 0.0169. The molecule has 0 fully saturated rings. The summed E-state index contributed by atoms with van der Waals surface area (Å²) in [7, 11) is 0. The average molecular weight is 335 g/mol. The highest BCUT2D eigenvalue weighted by Crippen LogP contribution is 2.41. The summed E-state index contributed by atoms with van der Waals surface area (Å²) in [5.41, 5.74) is 8.00. The fourth-order valence-electron chi connectivity index (χ4n) is 2.20. The quantitative estimate of drug-likeness (QED) is 0.900. The zero-order valence-electron chi connectivity index (χ0n) is 10.8. The number of nitrogens with two attached hydrogens (primary N) is 1. The van der Waals surface area contributed by atoms with Gasteiger partial charge in [0.15, 0.2) is 11.5 Å². The molecule has 1 unspecified atom stereocenters. The van der Waals surface area contributed by atoms with E-state index in [4.69, 9.17) is 15.2 Å². The van der Waals surface area contributed by atoms with Crippen LogP contribution in [0, 0.1) is 0 Å². The van der Waals surface area contributed by atoms with Gasteiger partial charge in [0, 0.05) is 12.2 Å². The molecule has 104 valence electrons. The van der Waals surface area contributed by atoms with E-state index in [0.29, 0.717) is 6.54 Å². The van der Waals surface area contributed by atoms with Gasteiger partial charge in [0.1, 0.15) is 0 Å². The van der Waals surface area contributed by atoms with Crippen LogP contribution in [-0.4, -0.2) is 13.3 Å². The largest absolute Gasteiger partial charge is 0.454 e. The summed E-state index contributed by atoms with van der Waals surface area (Å²) in [4.78, 5) is 0. The highest BCUT2D eigenvalue weighted by atomic mass is 79.9. The molecular weight excluding hydrogens is 320 g/mol. The number of halogens is 1. The van der Waals surface area contributed by atoms with Crippen LogP contribution in [0.5, 0.6) is 11.5 Å². The Balaban J connectivity index is 1.88. The standard InChI is InChI=1S/C15H15BrN2O2/c16-12-6-10(7-14-15(12)20-9-19-14)13(8-17)18-11-4-2-1-3-5-11/h1-7,13,18H,8-9,17H2.